The fourth-order valence-electron chi connectivity index (χ4n) is 5.00. The van der Waals surface area contributed by atoms with Gasteiger partial charge in [-0.05, 0) is 58.2 Å². The number of anilines is 1. The third-order valence-corrected chi connectivity index (χ3v) is 7.19. The van der Waals surface area contributed by atoms with Crippen molar-refractivity contribution in [3.63, 3.8) is 0 Å². The van der Waals surface area contributed by atoms with Crippen LogP contribution in [0.25, 0.3) is 21.9 Å². The summed E-state index contributed by atoms with van der Waals surface area (Å²) in [5, 5.41) is 4.64. The lowest BCUT2D eigenvalue weighted by Gasteiger charge is -2.24. The molecule has 4 aromatic rings. The van der Waals surface area contributed by atoms with Crippen molar-refractivity contribution in [3.05, 3.63) is 53.9 Å². The maximum absolute atomic E-state index is 12.4. The van der Waals surface area contributed by atoms with Crippen LogP contribution in [0.4, 0.5) is 10.6 Å². The monoisotopic (exact) mass is 575 g/mol. The molecule has 0 aliphatic carbocycles. The van der Waals surface area contributed by atoms with Crippen LogP contribution in [-0.2, 0) is 24.2 Å². The summed E-state index contributed by atoms with van der Waals surface area (Å²) in [5.41, 5.74) is 3.38. The highest BCUT2D eigenvalue weighted by atomic mass is 16.6. The first-order chi connectivity index (χ1) is 20.1. The van der Waals surface area contributed by atoms with E-state index in [0.717, 1.165) is 89.3 Å². The third kappa shape index (κ3) is 7.43. The summed E-state index contributed by atoms with van der Waals surface area (Å²) in [7, 11) is 5.11. The first kappa shape index (κ1) is 30.9. The van der Waals surface area contributed by atoms with Crippen molar-refractivity contribution in [3.8, 4) is 11.5 Å². The van der Waals surface area contributed by atoms with E-state index < -0.39 is 5.60 Å². The minimum atomic E-state index is -0.505. The zero-order valence-corrected chi connectivity index (χ0v) is 26.1. The highest BCUT2D eigenvalue weighted by Crippen LogP contribution is 2.32. The summed E-state index contributed by atoms with van der Waals surface area (Å²) in [6.45, 7) is 9.82. The van der Waals surface area contributed by atoms with Crippen molar-refractivity contribution in [2.24, 2.45) is 0 Å². The number of carbonyl (C=O) groups is 1. The van der Waals surface area contributed by atoms with E-state index in [9.17, 15) is 4.79 Å². The number of ether oxygens (including phenoxy) is 3. The molecule has 0 saturated carbocycles. The molecular formula is C33H45N5O4. The van der Waals surface area contributed by atoms with E-state index in [-0.39, 0.29) is 6.09 Å². The van der Waals surface area contributed by atoms with E-state index in [2.05, 4.69) is 28.9 Å². The molecule has 9 heteroatoms. The van der Waals surface area contributed by atoms with Crippen LogP contribution in [-0.4, -0.2) is 58.9 Å². The number of para-hydroxylation sites is 1. The Balaban J connectivity index is 1.63. The molecule has 42 heavy (non-hydrogen) atoms. The zero-order chi connectivity index (χ0) is 30.3. The number of unbranched alkanes of at least 4 members (excludes halogenated alkanes) is 2. The Bertz CT molecular complexity index is 1510. The standard InChI is InChI=1S/C33H45N5O4/c1-8-9-16-28-36-29-30(38(28)20-13-12-19-37(5)32(39)42-33(2,3)4)25-14-10-11-15-26(25)35-31(29)34-22-23-17-18-24(40-6)21-27(23)41-7/h10-11,14-15,17-18,21H,8-9,12-13,16,19-20,22H2,1-7H3,(H,34,35). The zero-order valence-electron chi connectivity index (χ0n) is 26.1. The summed E-state index contributed by atoms with van der Waals surface area (Å²) in [4.78, 5) is 24.2. The number of hydrogen-bond donors (Lipinski definition) is 1. The lowest BCUT2D eigenvalue weighted by atomic mass is 10.1. The van der Waals surface area contributed by atoms with Gasteiger partial charge >= 0.3 is 6.09 Å². The number of nitrogens with one attached hydrogen (secondary N) is 1. The Morgan fingerprint density at radius 3 is 2.52 bits per heavy atom. The van der Waals surface area contributed by atoms with Gasteiger partial charge in [0, 0.05) is 50.1 Å². The molecular weight excluding hydrogens is 530 g/mol. The van der Waals surface area contributed by atoms with Crippen LogP contribution in [0.15, 0.2) is 42.5 Å². The minimum absolute atomic E-state index is 0.291. The molecule has 1 amide bonds. The summed E-state index contributed by atoms with van der Waals surface area (Å²) >= 11 is 0. The van der Waals surface area contributed by atoms with Gasteiger partial charge in [0.15, 0.2) is 5.82 Å². The van der Waals surface area contributed by atoms with Crippen molar-refractivity contribution in [2.75, 3.05) is 33.1 Å². The van der Waals surface area contributed by atoms with E-state index in [1.54, 1.807) is 26.2 Å². The predicted molar refractivity (Wildman–Crippen MR) is 169 cm³/mol. The Labute approximate surface area is 249 Å². The van der Waals surface area contributed by atoms with Gasteiger partial charge in [0.1, 0.15) is 28.4 Å². The molecule has 0 fully saturated rings. The maximum Gasteiger partial charge on any atom is 0.410 e. The van der Waals surface area contributed by atoms with Gasteiger partial charge in [0.25, 0.3) is 0 Å². The van der Waals surface area contributed by atoms with E-state index in [0.29, 0.717) is 13.1 Å². The molecule has 2 heterocycles. The normalized spacial score (nSPS) is 11.6. The van der Waals surface area contributed by atoms with Gasteiger partial charge in [-0.15, -0.1) is 0 Å². The van der Waals surface area contributed by atoms with Crippen LogP contribution < -0.4 is 14.8 Å². The molecule has 0 radical (unpaired) electrons. The number of methoxy groups -OCH3 is 2. The number of benzene rings is 2. The first-order valence-corrected chi connectivity index (χ1v) is 14.8. The first-order valence-electron chi connectivity index (χ1n) is 14.8. The van der Waals surface area contributed by atoms with Gasteiger partial charge in [-0.1, -0.05) is 31.5 Å². The second-order valence-electron chi connectivity index (χ2n) is 11.6. The number of aryl methyl sites for hydroxylation is 2. The second-order valence-corrected chi connectivity index (χ2v) is 11.6. The number of nitrogens with zero attached hydrogens (tertiary/aromatic N) is 4. The summed E-state index contributed by atoms with van der Waals surface area (Å²) in [5.74, 6) is 3.32. The van der Waals surface area contributed by atoms with E-state index in [4.69, 9.17) is 24.2 Å². The van der Waals surface area contributed by atoms with E-state index in [1.165, 1.54) is 0 Å². The highest BCUT2D eigenvalue weighted by molar-refractivity contribution is 6.07. The molecule has 4 rings (SSSR count). The third-order valence-electron chi connectivity index (χ3n) is 7.19. The van der Waals surface area contributed by atoms with Crippen molar-refractivity contribution < 1.29 is 19.0 Å². The van der Waals surface area contributed by atoms with Gasteiger partial charge in [0.2, 0.25) is 0 Å². The maximum atomic E-state index is 12.4. The molecule has 0 aliphatic heterocycles. The molecule has 0 bridgehead atoms. The van der Waals surface area contributed by atoms with Gasteiger partial charge in [-0.25, -0.2) is 14.8 Å². The lowest BCUT2D eigenvalue weighted by Crippen LogP contribution is -2.34. The molecule has 2 aromatic heterocycles. The Kier molecular flexibility index (Phi) is 10.1. The number of hydrogen-bond acceptors (Lipinski definition) is 7. The molecule has 9 nitrogen and oxygen atoms in total. The van der Waals surface area contributed by atoms with Crippen LogP contribution in [0.1, 0.15) is 64.8 Å². The molecule has 0 spiro atoms. The summed E-state index contributed by atoms with van der Waals surface area (Å²) in [6.07, 6.45) is 4.50. The summed E-state index contributed by atoms with van der Waals surface area (Å²) < 4.78 is 18.9. The van der Waals surface area contributed by atoms with E-state index >= 15 is 0 Å². The lowest BCUT2D eigenvalue weighted by molar-refractivity contribution is 0.0296. The molecule has 1 N–H and O–H groups in total. The second kappa shape index (κ2) is 13.8. The SMILES string of the molecule is CCCCc1nc2c(NCc3ccc(OC)cc3OC)nc3ccccc3c2n1CCCCN(C)C(=O)OC(C)(C)C. The fourth-order valence-corrected chi connectivity index (χ4v) is 5.00. The fraction of sp³-hybridized carbons (Fsp3) is 0.485. The number of carbonyl (C=O) groups excluding carboxylic acids is 1. The molecule has 0 atom stereocenters. The number of imidazole rings is 1. The Morgan fingerprint density at radius 1 is 1.02 bits per heavy atom. The average molecular weight is 576 g/mol. The van der Waals surface area contributed by atoms with Gasteiger partial charge in [-0.2, -0.15) is 0 Å². The quantitative estimate of drug-likeness (QED) is 0.169. The van der Waals surface area contributed by atoms with Crippen LogP contribution in [0, 0.1) is 0 Å². The number of pyridine rings is 1. The predicted octanol–water partition coefficient (Wildman–Crippen LogP) is 7.20. The highest BCUT2D eigenvalue weighted by Gasteiger charge is 2.21. The van der Waals surface area contributed by atoms with Crippen LogP contribution in [0.2, 0.25) is 0 Å². The van der Waals surface area contributed by atoms with Gasteiger partial charge in [0.05, 0.1) is 25.3 Å². The number of aromatic nitrogens is 3. The largest absolute Gasteiger partial charge is 0.497 e. The molecule has 0 saturated heterocycles. The number of fused-ring (bicyclic) bond motifs is 3. The van der Waals surface area contributed by atoms with E-state index in [1.807, 2.05) is 51.1 Å². The summed E-state index contributed by atoms with van der Waals surface area (Å²) in [6, 6.07) is 14.1. The molecule has 2 aromatic carbocycles. The minimum Gasteiger partial charge on any atom is -0.497 e. The molecule has 0 unspecified atom stereocenters. The van der Waals surface area contributed by atoms with Crippen molar-refractivity contribution >= 4 is 33.8 Å². The van der Waals surface area contributed by atoms with Gasteiger partial charge in [-0.3, -0.25) is 0 Å². The van der Waals surface area contributed by atoms with Crippen LogP contribution in [0.5, 0.6) is 11.5 Å². The van der Waals surface area contributed by atoms with Crippen molar-refractivity contribution in [1.82, 2.24) is 19.4 Å². The molecule has 0 aliphatic rings. The molecule has 226 valence electrons. The number of rotatable bonds is 13. The van der Waals surface area contributed by atoms with Crippen molar-refractivity contribution in [1.29, 1.82) is 0 Å². The van der Waals surface area contributed by atoms with Gasteiger partial charge < -0.3 is 29.0 Å². The van der Waals surface area contributed by atoms with Crippen LogP contribution >= 0.6 is 0 Å². The number of amides is 1. The van der Waals surface area contributed by atoms with Crippen molar-refractivity contribution in [2.45, 2.75) is 78.5 Å². The Hall–Kier alpha value is -4.01. The topological polar surface area (TPSA) is 90.7 Å². The Morgan fingerprint density at radius 2 is 1.81 bits per heavy atom. The average Bonchev–Trinajstić information content (AvgIpc) is 3.34. The smallest absolute Gasteiger partial charge is 0.410 e. The van der Waals surface area contributed by atoms with Crippen LogP contribution in [0.3, 0.4) is 0 Å².